The van der Waals surface area contributed by atoms with Crippen molar-refractivity contribution in [2.24, 2.45) is 5.92 Å². The molecule has 7 heteroatoms. The molecule has 1 fully saturated rings. The molecule has 0 radical (unpaired) electrons. The summed E-state index contributed by atoms with van der Waals surface area (Å²) in [6.45, 7) is 8.02. The third kappa shape index (κ3) is 3.77. The van der Waals surface area contributed by atoms with E-state index in [2.05, 4.69) is 16.9 Å². The maximum atomic E-state index is 12.6. The fraction of sp³-hybridized carbons (Fsp3) is 0.611. The van der Waals surface area contributed by atoms with Gasteiger partial charge in [0.1, 0.15) is 10.7 Å². The molecule has 2 atom stereocenters. The van der Waals surface area contributed by atoms with Crippen LogP contribution in [0.25, 0.3) is 10.2 Å². The number of nitrogens with one attached hydrogen (secondary N) is 1. The average molecular weight is 380 g/mol. The molecule has 1 saturated carbocycles. The number of fused-ring (bicyclic) bond motifs is 1. The Morgan fingerprint density at radius 2 is 2.08 bits per heavy atom. The summed E-state index contributed by atoms with van der Waals surface area (Å²) in [6.07, 6.45) is 2.45. The van der Waals surface area contributed by atoms with Gasteiger partial charge in [0.25, 0.3) is 5.56 Å². The van der Waals surface area contributed by atoms with Crippen molar-refractivity contribution in [3.05, 3.63) is 26.6 Å². The predicted octanol–water partition coefficient (Wildman–Crippen LogP) is 3.48. The minimum atomic E-state index is -0.154. The van der Waals surface area contributed by atoms with Crippen LogP contribution in [0.5, 0.6) is 0 Å². The SMILES string of the molecule is Cc1sc2nc(CSC(C)C(=O)N(C)C(C)C3CC3)[nH]c(=O)c2c1C. The first-order valence-electron chi connectivity index (χ1n) is 8.66. The lowest BCUT2D eigenvalue weighted by atomic mass is 10.2. The first kappa shape index (κ1) is 18.5. The number of nitrogens with zero attached hydrogens (tertiary/aromatic N) is 2. The largest absolute Gasteiger partial charge is 0.342 e. The predicted molar refractivity (Wildman–Crippen MR) is 105 cm³/mol. The van der Waals surface area contributed by atoms with Gasteiger partial charge in [-0.05, 0) is 52.0 Å². The van der Waals surface area contributed by atoms with Crippen molar-refractivity contribution in [1.29, 1.82) is 0 Å². The van der Waals surface area contributed by atoms with Gasteiger partial charge in [0.2, 0.25) is 5.91 Å². The number of amides is 1. The topological polar surface area (TPSA) is 66.1 Å². The van der Waals surface area contributed by atoms with Gasteiger partial charge in [-0.15, -0.1) is 23.1 Å². The number of hydrogen-bond acceptors (Lipinski definition) is 5. The van der Waals surface area contributed by atoms with Gasteiger partial charge in [-0.1, -0.05) is 0 Å². The Morgan fingerprint density at radius 3 is 2.72 bits per heavy atom. The molecule has 5 nitrogen and oxygen atoms in total. The van der Waals surface area contributed by atoms with Crippen molar-refractivity contribution in [2.75, 3.05) is 7.05 Å². The molecular formula is C18H25N3O2S2. The molecule has 1 N–H and O–H groups in total. The van der Waals surface area contributed by atoms with E-state index in [4.69, 9.17) is 0 Å². The van der Waals surface area contributed by atoms with Crippen molar-refractivity contribution < 1.29 is 4.79 Å². The van der Waals surface area contributed by atoms with E-state index in [0.717, 1.165) is 15.3 Å². The number of thiophene rings is 1. The first-order valence-corrected chi connectivity index (χ1v) is 10.5. The molecule has 0 bridgehead atoms. The lowest BCUT2D eigenvalue weighted by molar-refractivity contribution is -0.131. The van der Waals surface area contributed by atoms with Crippen LogP contribution in [0.3, 0.4) is 0 Å². The molecule has 25 heavy (non-hydrogen) atoms. The monoisotopic (exact) mass is 379 g/mol. The standard InChI is InChI=1S/C18H25N3O2S2/c1-9-11(3)25-17-15(9)16(22)19-14(20-17)8-24-12(4)18(23)21(5)10(2)13-6-7-13/h10,12-13H,6-8H2,1-5H3,(H,19,20,22). The van der Waals surface area contributed by atoms with Gasteiger partial charge < -0.3 is 9.88 Å². The molecule has 0 aliphatic heterocycles. The highest BCUT2D eigenvalue weighted by molar-refractivity contribution is 7.99. The maximum absolute atomic E-state index is 12.6. The van der Waals surface area contributed by atoms with Crippen LogP contribution in [-0.4, -0.2) is 39.1 Å². The summed E-state index contributed by atoms with van der Waals surface area (Å²) in [6, 6.07) is 0.307. The third-order valence-electron chi connectivity index (χ3n) is 5.17. The van der Waals surface area contributed by atoms with Crippen LogP contribution in [0, 0.1) is 19.8 Å². The Hall–Kier alpha value is -1.34. The molecule has 0 aromatic carbocycles. The summed E-state index contributed by atoms with van der Waals surface area (Å²) >= 11 is 3.08. The van der Waals surface area contributed by atoms with Gasteiger partial charge in [-0.3, -0.25) is 9.59 Å². The van der Waals surface area contributed by atoms with Crippen molar-refractivity contribution in [3.63, 3.8) is 0 Å². The number of aromatic nitrogens is 2. The molecule has 1 aliphatic rings. The van der Waals surface area contributed by atoms with Gasteiger partial charge in [-0.25, -0.2) is 4.98 Å². The second-order valence-electron chi connectivity index (χ2n) is 6.96. The Morgan fingerprint density at radius 1 is 1.40 bits per heavy atom. The number of rotatable bonds is 6. The Labute approximate surface area is 156 Å². The smallest absolute Gasteiger partial charge is 0.259 e. The van der Waals surface area contributed by atoms with Crippen LogP contribution in [-0.2, 0) is 10.5 Å². The molecule has 0 saturated heterocycles. The zero-order chi connectivity index (χ0) is 18.3. The summed E-state index contributed by atoms with van der Waals surface area (Å²) in [5, 5.41) is 0.539. The van der Waals surface area contributed by atoms with Crippen LogP contribution in [0.1, 0.15) is 43.0 Å². The first-order chi connectivity index (χ1) is 11.8. The van der Waals surface area contributed by atoms with Gasteiger partial charge >= 0.3 is 0 Å². The second kappa shape index (κ2) is 7.11. The van der Waals surface area contributed by atoms with E-state index in [9.17, 15) is 9.59 Å². The Kier molecular flexibility index (Phi) is 5.25. The van der Waals surface area contributed by atoms with E-state index in [1.54, 1.807) is 11.3 Å². The highest BCUT2D eigenvalue weighted by Gasteiger charge is 2.33. The van der Waals surface area contributed by atoms with Gasteiger partial charge in [0, 0.05) is 18.0 Å². The zero-order valence-corrected chi connectivity index (χ0v) is 17.0. The molecule has 1 aliphatic carbocycles. The minimum Gasteiger partial charge on any atom is -0.342 e. The zero-order valence-electron chi connectivity index (χ0n) is 15.4. The van der Waals surface area contributed by atoms with E-state index in [1.807, 2.05) is 32.7 Å². The number of carbonyl (C=O) groups is 1. The number of hydrogen-bond donors (Lipinski definition) is 1. The summed E-state index contributed by atoms with van der Waals surface area (Å²) in [5.41, 5.74) is 0.924. The van der Waals surface area contributed by atoms with E-state index in [0.29, 0.717) is 28.9 Å². The molecule has 0 spiro atoms. The number of H-pyrrole nitrogens is 1. The molecule has 2 heterocycles. The van der Waals surface area contributed by atoms with Crippen molar-refractivity contribution >= 4 is 39.2 Å². The summed E-state index contributed by atoms with van der Waals surface area (Å²) < 4.78 is 0. The molecular weight excluding hydrogens is 354 g/mol. The minimum absolute atomic E-state index is 0.0825. The van der Waals surface area contributed by atoms with Crippen molar-refractivity contribution in [1.82, 2.24) is 14.9 Å². The van der Waals surface area contributed by atoms with Crippen LogP contribution < -0.4 is 5.56 Å². The number of carbonyl (C=O) groups excluding carboxylic acids is 1. The molecule has 2 aromatic rings. The van der Waals surface area contributed by atoms with Crippen LogP contribution >= 0.6 is 23.1 Å². The molecule has 1 amide bonds. The lowest BCUT2D eigenvalue weighted by Crippen LogP contribution is -2.40. The maximum Gasteiger partial charge on any atom is 0.259 e. The van der Waals surface area contributed by atoms with E-state index < -0.39 is 0 Å². The Bertz CT molecular complexity index is 854. The highest BCUT2D eigenvalue weighted by Crippen LogP contribution is 2.35. The van der Waals surface area contributed by atoms with E-state index >= 15 is 0 Å². The number of aryl methyl sites for hydroxylation is 2. The normalized spacial score (nSPS) is 16.8. The molecule has 2 aromatic heterocycles. The number of aromatic amines is 1. The molecule has 2 unspecified atom stereocenters. The summed E-state index contributed by atoms with van der Waals surface area (Å²) in [7, 11) is 1.89. The van der Waals surface area contributed by atoms with Gasteiger partial charge in [-0.2, -0.15) is 0 Å². The fourth-order valence-electron chi connectivity index (χ4n) is 3.03. The van der Waals surface area contributed by atoms with Crippen LogP contribution in [0.15, 0.2) is 4.79 Å². The van der Waals surface area contributed by atoms with Gasteiger partial charge in [0.15, 0.2) is 0 Å². The highest BCUT2D eigenvalue weighted by atomic mass is 32.2. The molecule has 136 valence electrons. The van der Waals surface area contributed by atoms with Crippen molar-refractivity contribution in [3.8, 4) is 0 Å². The van der Waals surface area contributed by atoms with E-state index in [-0.39, 0.29) is 16.7 Å². The quantitative estimate of drug-likeness (QED) is 0.834. The molecule has 3 rings (SSSR count). The second-order valence-corrected chi connectivity index (χ2v) is 9.49. The van der Waals surface area contributed by atoms with Crippen LogP contribution in [0.4, 0.5) is 0 Å². The van der Waals surface area contributed by atoms with Gasteiger partial charge in [0.05, 0.1) is 16.4 Å². The van der Waals surface area contributed by atoms with Crippen LogP contribution in [0.2, 0.25) is 0 Å². The fourth-order valence-corrected chi connectivity index (χ4v) is 4.93. The third-order valence-corrected chi connectivity index (χ3v) is 7.41. The van der Waals surface area contributed by atoms with Crippen molar-refractivity contribution in [2.45, 2.75) is 57.6 Å². The lowest BCUT2D eigenvalue weighted by Gasteiger charge is -2.27. The average Bonchev–Trinajstić information content (AvgIpc) is 3.37. The summed E-state index contributed by atoms with van der Waals surface area (Å²) in [5.74, 6) is 1.98. The Balaban J connectivity index is 1.67. The number of thioether (sulfide) groups is 1. The summed E-state index contributed by atoms with van der Waals surface area (Å²) in [4.78, 5) is 36.1. The van der Waals surface area contributed by atoms with E-state index in [1.165, 1.54) is 24.6 Å².